The Bertz CT molecular complexity index is 1810. The molecule has 0 bridgehead atoms. The van der Waals surface area contributed by atoms with Crippen molar-refractivity contribution in [2.24, 2.45) is 4.99 Å². The molecule has 204 valence electrons. The maximum atomic E-state index is 14.1. The molecule has 3 aromatic carbocycles. The predicted octanol–water partition coefficient (Wildman–Crippen LogP) is 5.26. The quantitative estimate of drug-likeness (QED) is 0.273. The van der Waals surface area contributed by atoms with Gasteiger partial charge in [0.25, 0.3) is 5.56 Å². The van der Waals surface area contributed by atoms with Crippen molar-refractivity contribution in [2.75, 3.05) is 20.8 Å². The van der Waals surface area contributed by atoms with Crippen LogP contribution in [0.3, 0.4) is 0 Å². The predicted molar refractivity (Wildman–Crippen MR) is 157 cm³/mol. The number of ether oxygens (including phenoxy) is 3. The van der Waals surface area contributed by atoms with E-state index in [0.717, 1.165) is 0 Å². The van der Waals surface area contributed by atoms with Gasteiger partial charge < -0.3 is 14.2 Å². The van der Waals surface area contributed by atoms with E-state index in [1.165, 1.54) is 23.0 Å². The van der Waals surface area contributed by atoms with Crippen LogP contribution < -0.4 is 24.4 Å². The van der Waals surface area contributed by atoms with Gasteiger partial charge in [0.15, 0.2) is 4.80 Å². The number of aromatic nitrogens is 1. The number of rotatable bonds is 7. The monoisotopic (exact) mass is 594 g/mol. The third-order valence-corrected chi connectivity index (χ3v) is 8.19. The van der Waals surface area contributed by atoms with Crippen LogP contribution in [0.2, 0.25) is 10.0 Å². The second-order valence-corrected chi connectivity index (χ2v) is 10.5. The number of nitrogens with zero attached hydrogens (tertiary/aromatic N) is 2. The molecular formula is C30H24Cl2N2O5S. The van der Waals surface area contributed by atoms with Crippen LogP contribution in [0, 0.1) is 0 Å². The second-order valence-electron chi connectivity index (χ2n) is 8.68. The Morgan fingerprint density at radius 1 is 1.05 bits per heavy atom. The molecule has 2 heterocycles. The van der Waals surface area contributed by atoms with Crippen LogP contribution in [0.1, 0.15) is 29.7 Å². The van der Waals surface area contributed by atoms with E-state index in [0.29, 0.717) is 53.3 Å². The molecule has 0 N–H and O–H groups in total. The molecule has 40 heavy (non-hydrogen) atoms. The number of fused-ring (bicyclic) bond motifs is 1. The highest BCUT2D eigenvalue weighted by Crippen LogP contribution is 2.40. The first-order chi connectivity index (χ1) is 19.4. The molecule has 5 rings (SSSR count). The van der Waals surface area contributed by atoms with Gasteiger partial charge in [-0.05, 0) is 36.8 Å². The highest BCUT2D eigenvalue weighted by Gasteiger charge is 2.36. The van der Waals surface area contributed by atoms with Crippen molar-refractivity contribution in [3.8, 4) is 11.5 Å². The molecule has 0 saturated heterocycles. The minimum atomic E-state index is -0.900. The van der Waals surface area contributed by atoms with Crippen molar-refractivity contribution in [2.45, 2.75) is 13.0 Å². The van der Waals surface area contributed by atoms with E-state index >= 15 is 0 Å². The van der Waals surface area contributed by atoms with Gasteiger partial charge >= 0.3 is 5.97 Å². The summed E-state index contributed by atoms with van der Waals surface area (Å²) >= 11 is 13.8. The van der Waals surface area contributed by atoms with Crippen LogP contribution in [-0.4, -0.2) is 31.4 Å². The van der Waals surface area contributed by atoms with Gasteiger partial charge in [-0.2, -0.15) is 0 Å². The van der Waals surface area contributed by atoms with Crippen molar-refractivity contribution in [1.29, 1.82) is 0 Å². The van der Waals surface area contributed by atoms with Gasteiger partial charge in [-0.3, -0.25) is 9.36 Å². The maximum Gasteiger partial charge on any atom is 0.338 e. The average molecular weight is 596 g/mol. The fourth-order valence-corrected chi connectivity index (χ4v) is 5.91. The highest BCUT2D eigenvalue weighted by atomic mass is 35.5. The van der Waals surface area contributed by atoms with E-state index in [2.05, 4.69) is 0 Å². The fraction of sp³-hybridized carbons (Fsp3) is 0.167. The van der Waals surface area contributed by atoms with E-state index in [1.807, 2.05) is 30.3 Å². The lowest BCUT2D eigenvalue weighted by atomic mass is 9.92. The van der Waals surface area contributed by atoms with Gasteiger partial charge in [-0.25, -0.2) is 9.79 Å². The molecule has 1 atom stereocenters. The van der Waals surface area contributed by atoms with Crippen molar-refractivity contribution in [3.05, 3.63) is 119 Å². The first kappa shape index (κ1) is 27.7. The van der Waals surface area contributed by atoms with E-state index in [4.69, 9.17) is 42.4 Å². The molecule has 0 fully saturated rings. The van der Waals surface area contributed by atoms with E-state index in [9.17, 15) is 9.59 Å². The summed E-state index contributed by atoms with van der Waals surface area (Å²) in [6, 6.07) is 18.9. The zero-order chi connectivity index (χ0) is 28.4. The summed E-state index contributed by atoms with van der Waals surface area (Å²) in [5, 5.41) is 0.709. The number of carbonyl (C=O) groups excluding carboxylic acids is 1. The molecule has 1 aliphatic heterocycles. The Labute approximate surface area is 244 Å². The van der Waals surface area contributed by atoms with E-state index < -0.39 is 12.0 Å². The maximum absolute atomic E-state index is 14.1. The molecule has 10 heteroatoms. The number of halogens is 2. The third kappa shape index (κ3) is 5.06. The van der Waals surface area contributed by atoms with Gasteiger partial charge in [-0.15, -0.1) is 0 Å². The molecule has 0 unspecified atom stereocenters. The van der Waals surface area contributed by atoms with Gasteiger partial charge in [0.05, 0.1) is 46.7 Å². The molecule has 0 aliphatic carbocycles. The van der Waals surface area contributed by atoms with Gasteiger partial charge in [-0.1, -0.05) is 77.0 Å². The Kier molecular flexibility index (Phi) is 8.12. The smallest absolute Gasteiger partial charge is 0.338 e. The van der Waals surface area contributed by atoms with Crippen molar-refractivity contribution in [3.63, 3.8) is 0 Å². The number of esters is 1. The van der Waals surface area contributed by atoms with Gasteiger partial charge in [0.2, 0.25) is 0 Å². The first-order valence-corrected chi connectivity index (χ1v) is 13.9. The molecule has 0 radical (unpaired) electrons. The lowest BCUT2D eigenvalue weighted by Crippen LogP contribution is -2.40. The minimum absolute atomic E-state index is 0.147. The van der Waals surface area contributed by atoms with Crippen LogP contribution in [-0.2, 0) is 9.53 Å². The first-order valence-electron chi connectivity index (χ1n) is 12.3. The van der Waals surface area contributed by atoms with E-state index in [1.54, 1.807) is 56.5 Å². The van der Waals surface area contributed by atoms with E-state index in [-0.39, 0.29) is 17.7 Å². The Morgan fingerprint density at radius 3 is 2.52 bits per heavy atom. The van der Waals surface area contributed by atoms with Gasteiger partial charge in [0, 0.05) is 17.2 Å². The molecule has 0 saturated carbocycles. The highest BCUT2D eigenvalue weighted by molar-refractivity contribution is 7.07. The number of hydrogen-bond acceptors (Lipinski definition) is 7. The summed E-state index contributed by atoms with van der Waals surface area (Å²) in [5.41, 5.74) is 2.15. The number of benzene rings is 3. The summed E-state index contributed by atoms with van der Waals surface area (Å²) in [4.78, 5) is 32.9. The lowest BCUT2D eigenvalue weighted by molar-refractivity contribution is -0.138. The van der Waals surface area contributed by atoms with Crippen molar-refractivity contribution in [1.82, 2.24) is 4.57 Å². The molecule has 7 nitrogen and oxygen atoms in total. The summed E-state index contributed by atoms with van der Waals surface area (Å²) in [5.74, 6) is 0.418. The average Bonchev–Trinajstić information content (AvgIpc) is 3.29. The van der Waals surface area contributed by atoms with Crippen LogP contribution in [0.5, 0.6) is 11.5 Å². The molecule has 0 amide bonds. The summed E-state index contributed by atoms with van der Waals surface area (Å²) in [7, 11) is 3.07. The Balaban J connectivity index is 1.88. The van der Waals surface area contributed by atoms with Crippen LogP contribution in [0.25, 0.3) is 11.8 Å². The van der Waals surface area contributed by atoms with Crippen LogP contribution in [0.4, 0.5) is 0 Å². The molecule has 0 spiro atoms. The van der Waals surface area contributed by atoms with Crippen LogP contribution in [0.15, 0.2) is 82.1 Å². The fourth-order valence-electron chi connectivity index (χ4n) is 4.55. The summed E-state index contributed by atoms with van der Waals surface area (Å²) in [6.07, 6.45) is 1.68. The molecular weight excluding hydrogens is 571 g/mol. The summed E-state index contributed by atoms with van der Waals surface area (Å²) < 4.78 is 18.5. The van der Waals surface area contributed by atoms with Crippen LogP contribution >= 0.6 is 34.5 Å². The Morgan fingerprint density at radius 2 is 1.82 bits per heavy atom. The number of carbonyl (C=O) groups is 1. The molecule has 4 aromatic rings. The molecule has 1 aromatic heterocycles. The Hall–Kier alpha value is -3.85. The van der Waals surface area contributed by atoms with Crippen molar-refractivity contribution >= 4 is 52.3 Å². The zero-order valence-electron chi connectivity index (χ0n) is 21.8. The minimum Gasteiger partial charge on any atom is -0.497 e. The topological polar surface area (TPSA) is 79.1 Å². The molecule has 1 aliphatic rings. The largest absolute Gasteiger partial charge is 0.497 e. The van der Waals surface area contributed by atoms with Gasteiger partial charge in [0.1, 0.15) is 17.5 Å². The normalized spacial score (nSPS) is 14.9. The lowest BCUT2D eigenvalue weighted by Gasteiger charge is -2.27. The third-order valence-electron chi connectivity index (χ3n) is 6.38. The van der Waals surface area contributed by atoms with Crippen molar-refractivity contribution < 1.29 is 19.0 Å². The zero-order valence-corrected chi connectivity index (χ0v) is 24.1. The number of thiazole rings is 1. The second kappa shape index (κ2) is 11.7. The SMILES string of the molecule is CCOC(=O)C1=C(c2ccccc2)N=c2s/c(=C\c3cccc(Cl)c3Cl)c(=O)n2[C@H]1c1ccc(OC)cc1OC. The number of hydrogen-bond donors (Lipinski definition) is 0. The number of methoxy groups -OCH3 is 2. The summed E-state index contributed by atoms with van der Waals surface area (Å²) in [6.45, 7) is 1.88. The standard InChI is InChI=1S/C30H24Cl2N2O5S/c1-4-39-29(36)24-26(17-9-6-5-7-10-17)33-30-34(27(24)20-14-13-19(37-2)16-22(20)38-3)28(35)23(40-30)15-18-11-8-12-21(31)25(18)32/h5-16,27H,4H2,1-3H3/b23-15-/t27-/m0/s1.